The van der Waals surface area contributed by atoms with E-state index in [1.165, 1.54) is 5.69 Å². The molecule has 21 heavy (non-hydrogen) atoms. The molecule has 0 bridgehead atoms. The van der Waals surface area contributed by atoms with Gasteiger partial charge in [0, 0.05) is 44.1 Å². The van der Waals surface area contributed by atoms with E-state index in [1.807, 2.05) is 12.1 Å². The molecule has 0 atom stereocenters. The Kier molecular flexibility index (Phi) is 4.26. The molecule has 0 radical (unpaired) electrons. The molecule has 2 aromatic carbocycles. The Balaban J connectivity index is 1.57. The van der Waals surface area contributed by atoms with Gasteiger partial charge in [0.2, 0.25) is 0 Å². The second-order valence-corrected chi connectivity index (χ2v) is 5.30. The van der Waals surface area contributed by atoms with Crippen molar-refractivity contribution in [2.75, 3.05) is 36.4 Å². The predicted octanol–water partition coefficient (Wildman–Crippen LogP) is 2.41. The number of anilines is 2. The van der Waals surface area contributed by atoms with Gasteiger partial charge in [-0.1, -0.05) is 12.1 Å². The van der Waals surface area contributed by atoms with Crippen LogP contribution >= 0.6 is 0 Å². The smallest absolute Gasteiger partial charge is 0.115 e. The standard InChI is InChI=1S/C17H21N3O/c21-17-7-1-14(2-8-17)13-19-15-3-5-16(6-4-15)20-11-9-18-10-12-20/h1-8,18-19,21H,9-13H2. The topological polar surface area (TPSA) is 47.5 Å². The number of nitrogens with zero attached hydrogens (tertiary/aromatic N) is 1. The molecule has 0 aliphatic carbocycles. The molecule has 1 aliphatic heterocycles. The van der Waals surface area contributed by atoms with Gasteiger partial charge in [0.15, 0.2) is 0 Å². The average molecular weight is 283 g/mol. The summed E-state index contributed by atoms with van der Waals surface area (Å²) in [7, 11) is 0. The molecule has 0 spiro atoms. The summed E-state index contributed by atoms with van der Waals surface area (Å²) in [5.74, 6) is 0.305. The molecule has 0 unspecified atom stereocenters. The Morgan fingerprint density at radius 2 is 1.62 bits per heavy atom. The van der Waals surface area contributed by atoms with Gasteiger partial charge in [-0.05, 0) is 42.0 Å². The number of piperazine rings is 1. The molecule has 1 fully saturated rings. The summed E-state index contributed by atoms with van der Waals surface area (Å²) >= 11 is 0. The number of aromatic hydroxyl groups is 1. The van der Waals surface area contributed by atoms with Crippen LogP contribution < -0.4 is 15.5 Å². The minimum Gasteiger partial charge on any atom is -0.508 e. The first-order chi connectivity index (χ1) is 10.3. The third-order valence-electron chi connectivity index (χ3n) is 3.78. The van der Waals surface area contributed by atoms with Crippen molar-refractivity contribution in [2.45, 2.75) is 6.54 Å². The molecule has 0 amide bonds. The number of hydrogen-bond acceptors (Lipinski definition) is 4. The summed E-state index contributed by atoms with van der Waals surface area (Å²) < 4.78 is 0. The van der Waals surface area contributed by atoms with E-state index in [-0.39, 0.29) is 0 Å². The maximum absolute atomic E-state index is 9.27. The molecule has 4 heteroatoms. The van der Waals surface area contributed by atoms with Crippen molar-refractivity contribution in [3.05, 3.63) is 54.1 Å². The summed E-state index contributed by atoms with van der Waals surface area (Å²) in [5, 5.41) is 16.0. The van der Waals surface area contributed by atoms with Crippen LogP contribution in [0.25, 0.3) is 0 Å². The van der Waals surface area contributed by atoms with Gasteiger partial charge in [-0.3, -0.25) is 0 Å². The first-order valence-corrected chi connectivity index (χ1v) is 7.39. The SMILES string of the molecule is Oc1ccc(CNc2ccc(N3CCNCC3)cc2)cc1. The minimum absolute atomic E-state index is 0.305. The molecule has 4 nitrogen and oxygen atoms in total. The lowest BCUT2D eigenvalue weighted by Crippen LogP contribution is -2.43. The van der Waals surface area contributed by atoms with E-state index in [0.29, 0.717) is 5.75 Å². The fourth-order valence-electron chi connectivity index (χ4n) is 2.53. The summed E-state index contributed by atoms with van der Waals surface area (Å²) in [6.45, 7) is 5.01. The Morgan fingerprint density at radius 3 is 2.29 bits per heavy atom. The molecule has 1 aliphatic rings. The molecule has 1 heterocycles. The van der Waals surface area contributed by atoms with E-state index in [0.717, 1.165) is 44.0 Å². The van der Waals surface area contributed by atoms with Gasteiger partial charge in [-0.25, -0.2) is 0 Å². The van der Waals surface area contributed by atoms with E-state index in [1.54, 1.807) is 12.1 Å². The summed E-state index contributed by atoms with van der Waals surface area (Å²) in [6.07, 6.45) is 0. The van der Waals surface area contributed by atoms with Gasteiger partial charge in [0.25, 0.3) is 0 Å². The van der Waals surface area contributed by atoms with Crippen molar-refractivity contribution in [2.24, 2.45) is 0 Å². The second-order valence-electron chi connectivity index (χ2n) is 5.30. The van der Waals surface area contributed by atoms with Crippen LogP contribution in [-0.4, -0.2) is 31.3 Å². The third-order valence-corrected chi connectivity index (χ3v) is 3.78. The molecule has 0 aromatic heterocycles. The van der Waals surface area contributed by atoms with Crippen LogP contribution in [0.5, 0.6) is 5.75 Å². The monoisotopic (exact) mass is 283 g/mol. The van der Waals surface area contributed by atoms with Gasteiger partial charge in [-0.2, -0.15) is 0 Å². The lowest BCUT2D eigenvalue weighted by molar-refractivity contribution is 0.475. The fourth-order valence-corrected chi connectivity index (χ4v) is 2.53. The highest BCUT2D eigenvalue weighted by molar-refractivity contribution is 5.55. The van der Waals surface area contributed by atoms with Gasteiger partial charge in [-0.15, -0.1) is 0 Å². The maximum atomic E-state index is 9.27. The van der Waals surface area contributed by atoms with Crippen LogP contribution in [0.1, 0.15) is 5.56 Å². The quantitative estimate of drug-likeness (QED) is 0.806. The zero-order valence-corrected chi connectivity index (χ0v) is 12.0. The van der Waals surface area contributed by atoms with Crippen LogP contribution in [0.3, 0.4) is 0 Å². The highest BCUT2D eigenvalue weighted by atomic mass is 16.3. The van der Waals surface area contributed by atoms with E-state index in [2.05, 4.69) is 39.8 Å². The predicted molar refractivity (Wildman–Crippen MR) is 87.0 cm³/mol. The van der Waals surface area contributed by atoms with E-state index >= 15 is 0 Å². The zero-order chi connectivity index (χ0) is 14.5. The maximum Gasteiger partial charge on any atom is 0.115 e. The van der Waals surface area contributed by atoms with E-state index < -0.39 is 0 Å². The van der Waals surface area contributed by atoms with Crippen molar-refractivity contribution in [3.8, 4) is 5.75 Å². The number of nitrogens with one attached hydrogen (secondary N) is 2. The number of phenols is 1. The van der Waals surface area contributed by atoms with E-state index in [4.69, 9.17) is 0 Å². The summed E-state index contributed by atoms with van der Waals surface area (Å²) in [5.41, 5.74) is 3.55. The molecular formula is C17H21N3O. The fraction of sp³-hybridized carbons (Fsp3) is 0.294. The van der Waals surface area contributed by atoms with Crippen molar-refractivity contribution >= 4 is 11.4 Å². The first-order valence-electron chi connectivity index (χ1n) is 7.39. The lowest BCUT2D eigenvalue weighted by Gasteiger charge is -2.29. The zero-order valence-electron chi connectivity index (χ0n) is 12.0. The Bertz CT molecular complexity index is 560. The lowest BCUT2D eigenvalue weighted by atomic mass is 10.2. The normalized spacial score (nSPS) is 15.0. The first kappa shape index (κ1) is 13.8. The van der Waals surface area contributed by atoms with Crippen molar-refractivity contribution in [3.63, 3.8) is 0 Å². The molecule has 0 saturated carbocycles. The highest BCUT2D eigenvalue weighted by Crippen LogP contribution is 2.19. The van der Waals surface area contributed by atoms with Crippen molar-refractivity contribution in [1.29, 1.82) is 0 Å². The Hall–Kier alpha value is -2.20. The van der Waals surface area contributed by atoms with E-state index in [9.17, 15) is 5.11 Å². The van der Waals surface area contributed by atoms with Gasteiger partial charge in [0.1, 0.15) is 5.75 Å². The Morgan fingerprint density at radius 1 is 0.952 bits per heavy atom. The van der Waals surface area contributed by atoms with Gasteiger partial charge in [0.05, 0.1) is 0 Å². The summed E-state index contributed by atoms with van der Waals surface area (Å²) in [4.78, 5) is 2.40. The van der Waals surface area contributed by atoms with Crippen molar-refractivity contribution < 1.29 is 5.11 Å². The molecule has 1 saturated heterocycles. The number of phenolic OH excluding ortho intramolecular Hbond substituents is 1. The number of rotatable bonds is 4. The van der Waals surface area contributed by atoms with Crippen LogP contribution in [0.4, 0.5) is 11.4 Å². The third kappa shape index (κ3) is 3.67. The van der Waals surface area contributed by atoms with Crippen LogP contribution in [0, 0.1) is 0 Å². The molecule has 3 rings (SSSR count). The molecule has 3 N–H and O–H groups in total. The number of hydrogen-bond donors (Lipinski definition) is 3. The molecule has 110 valence electrons. The van der Waals surface area contributed by atoms with Gasteiger partial charge < -0.3 is 20.6 Å². The Labute approximate surface area is 125 Å². The largest absolute Gasteiger partial charge is 0.508 e. The second kappa shape index (κ2) is 6.50. The average Bonchev–Trinajstić information content (AvgIpc) is 2.56. The van der Waals surface area contributed by atoms with Crippen LogP contribution in [0.15, 0.2) is 48.5 Å². The number of benzene rings is 2. The minimum atomic E-state index is 0.305. The van der Waals surface area contributed by atoms with Gasteiger partial charge >= 0.3 is 0 Å². The van der Waals surface area contributed by atoms with Crippen LogP contribution in [0.2, 0.25) is 0 Å². The summed E-state index contributed by atoms with van der Waals surface area (Å²) in [6, 6.07) is 15.9. The van der Waals surface area contributed by atoms with Crippen molar-refractivity contribution in [1.82, 2.24) is 5.32 Å². The van der Waals surface area contributed by atoms with Crippen LogP contribution in [-0.2, 0) is 6.54 Å². The highest BCUT2D eigenvalue weighted by Gasteiger charge is 2.09. The molecular weight excluding hydrogens is 262 g/mol. The molecule has 2 aromatic rings.